The summed E-state index contributed by atoms with van der Waals surface area (Å²) in [6.07, 6.45) is 2.92. The van der Waals surface area contributed by atoms with Crippen LogP contribution in [0.4, 0.5) is 11.8 Å². The highest BCUT2D eigenvalue weighted by Crippen LogP contribution is 2.13. The molecule has 2 aromatic heterocycles. The monoisotopic (exact) mass is 314 g/mol. The number of nitrogen functional groups attached to an aromatic ring is 1. The van der Waals surface area contributed by atoms with Crippen LogP contribution in [-0.2, 0) is 6.54 Å². The second-order valence-corrected chi connectivity index (χ2v) is 3.84. The Balaban J connectivity index is 2.19. The summed E-state index contributed by atoms with van der Waals surface area (Å²) < 4.78 is 1.55. The third kappa shape index (κ3) is 2.57. The number of nitrogens with one attached hydrogen (secondary N) is 1. The van der Waals surface area contributed by atoms with Crippen molar-refractivity contribution in [2.75, 3.05) is 5.43 Å². The Morgan fingerprint density at radius 2 is 2.28 bits per heavy atom. The van der Waals surface area contributed by atoms with E-state index in [0.717, 1.165) is 0 Å². The van der Waals surface area contributed by atoms with Gasteiger partial charge in [-0.1, -0.05) is 0 Å². The van der Waals surface area contributed by atoms with Crippen molar-refractivity contribution in [1.82, 2.24) is 24.7 Å². The minimum absolute atomic E-state index is 0.208. The summed E-state index contributed by atoms with van der Waals surface area (Å²) in [6.45, 7) is 0.208. The number of rotatable bonds is 4. The summed E-state index contributed by atoms with van der Waals surface area (Å²) in [5, 5.41) is 14.2. The van der Waals surface area contributed by atoms with Gasteiger partial charge in [-0.25, -0.2) is 10.8 Å². The average molecular weight is 315 g/mol. The molecule has 0 atom stereocenters. The quantitative estimate of drug-likeness (QED) is 0.459. The standard InChI is InChI=1S/C7H7BrN8O2/c8-6-12-7(16(17)18)14-15(6)3-4-1-11-5(13-9)2-10-4/h1-2H,3,9H2,(H,11,13). The number of nitro groups is 1. The first-order chi connectivity index (χ1) is 8.60. The van der Waals surface area contributed by atoms with Gasteiger partial charge in [0.05, 0.1) is 18.1 Å². The van der Waals surface area contributed by atoms with Gasteiger partial charge in [-0.05, 0) is 9.91 Å². The van der Waals surface area contributed by atoms with E-state index >= 15 is 0 Å². The summed E-state index contributed by atoms with van der Waals surface area (Å²) in [7, 11) is 0. The SMILES string of the molecule is NNc1cnc(Cn2nc([N+](=O)[O-])nc2Br)cn1. The van der Waals surface area contributed by atoms with Gasteiger partial charge in [0.2, 0.25) is 0 Å². The van der Waals surface area contributed by atoms with E-state index in [1.54, 1.807) is 0 Å². The molecule has 18 heavy (non-hydrogen) atoms. The van der Waals surface area contributed by atoms with Crippen LogP contribution >= 0.6 is 15.9 Å². The molecule has 11 heteroatoms. The molecule has 0 fully saturated rings. The van der Waals surface area contributed by atoms with Gasteiger partial charge in [0.15, 0.2) is 5.82 Å². The molecule has 10 nitrogen and oxygen atoms in total. The second kappa shape index (κ2) is 5.01. The molecule has 2 rings (SSSR count). The lowest BCUT2D eigenvalue weighted by Crippen LogP contribution is -2.10. The van der Waals surface area contributed by atoms with Gasteiger partial charge in [-0.3, -0.25) is 4.98 Å². The minimum atomic E-state index is -0.672. The number of hydrogen-bond donors (Lipinski definition) is 2. The lowest BCUT2D eigenvalue weighted by molar-refractivity contribution is -0.394. The van der Waals surface area contributed by atoms with Crippen molar-refractivity contribution in [3.63, 3.8) is 0 Å². The van der Waals surface area contributed by atoms with Gasteiger partial charge < -0.3 is 15.5 Å². The number of halogens is 1. The molecule has 0 aliphatic heterocycles. The van der Waals surface area contributed by atoms with Crippen LogP contribution < -0.4 is 11.3 Å². The van der Waals surface area contributed by atoms with Gasteiger partial charge in [0, 0.05) is 21.0 Å². The fourth-order valence-corrected chi connectivity index (χ4v) is 1.52. The second-order valence-electron chi connectivity index (χ2n) is 3.13. The van der Waals surface area contributed by atoms with Gasteiger partial charge >= 0.3 is 5.95 Å². The molecule has 0 aliphatic rings. The van der Waals surface area contributed by atoms with Crippen LogP contribution in [-0.4, -0.2) is 29.7 Å². The molecule has 0 bridgehead atoms. The van der Waals surface area contributed by atoms with Crippen molar-refractivity contribution in [1.29, 1.82) is 0 Å². The lowest BCUT2D eigenvalue weighted by Gasteiger charge is -2.00. The Morgan fingerprint density at radius 1 is 1.50 bits per heavy atom. The summed E-state index contributed by atoms with van der Waals surface area (Å²) in [5.41, 5.74) is 2.91. The van der Waals surface area contributed by atoms with E-state index in [4.69, 9.17) is 5.84 Å². The Hall–Kier alpha value is -2.14. The Kier molecular flexibility index (Phi) is 3.43. The van der Waals surface area contributed by atoms with Crippen molar-refractivity contribution in [2.24, 2.45) is 5.84 Å². The van der Waals surface area contributed by atoms with Crippen LogP contribution in [0.15, 0.2) is 17.1 Å². The van der Waals surface area contributed by atoms with E-state index in [9.17, 15) is 10.1 Å². The van der Waals surface area contributed by atoms with Gasteiger partial charge in [-0.15, -0.1) is 0 Å². The summed E-state index contributed by atoms with van der Waals surface area (Å²) in [5.74, 6) is 5.09. The van der Waals surface area contributed by atoms with E-state index in [-0.39, 0.29) is 11.3 Å². The molecule has 2 aromatic rings. The maximum absolute atomic E-state index is 10.5. The molecule has 94 valence electrons. The predicted octanol–water partition coefficient (Wildman–Crippen LogP) is 0.0727. The molecule has 0 saturated carbocycles. The highest BCUT2D eigenvalue weighted by Gasteiger charge is 2.19. The molecular formula is C7H7BrN8O2. The van der Waals surface area contributed by atoms with Crippen molar-refractivity contribution < 1.29 is 4.92 Å². The van der Waals surface area contributed by atoms with E-state index in [0.29, 0.717) is 11.5 Å². The van der Waals surface area contributed by atoms with E-state index in [1.807, 2.05) is 0 Å². The molecule has 0 unspecified atom stereocenters. The number of aromatic nitrogens is 5. The zero-order chi connectivity index (χ0) is 13.1. The number of nitrogens with zero attached hydrogens (tertiary/aromatic N) is 6. The molecule has 0 amide bonds. The van der Waals surface area contributed by atoms with E-state index in [2.05, 4.69) is 41.4 Å². The molecular weight excluding hydrogens is 308 g/mol. The Morgan fingerprint density at radius 3 is 2.78 bits per heavy atom. The van der Waals surface area contributed by atoms with Crippen molar-refractivity contribution >= 4 is 27.7 Å². The van der Waals surface area contributed by atoms with E-state index in [1.165, 1.54) is 17.1 Å². The van der Waals surface area contributed by atoms with Crippen molar-refractivity contribution in [3.8, 4) is 0 Å². The molecule has 0 aromatic carbocycles. The van der Waals surface area contributed by atoms with Crippen molar-refractivity contribution in [2.45, 2.75) is 6.54 Å². The third-order valence-corrected chi connectivity index (χ3v) is 2.53. The van der Waals surface area contributed by atoms with Gasteiger partial charge in [0.25, 0.3) is 4.73 Å². The maximum Gasteiger partial charge on any atom is 0.492 e. The first-order valence-electron chi connectivity index (χ1n) is 4.62. The number of anilines is 1. The first-order valence-corrected chi connectivity index (χ1v) is 5.41. The average Bonchev–Trinajstić information content (AvgIpc) is 2.72. The largest absolute Gasteiger partial charge is 0.492 e. The number of nitrogens with two attached hydrogens (primary N) is 1. The smallest absolute Gasteiger partial charge is 0.390 e. The summed E-state index contributed by atoms with van der Waals surface area (Å²) in [4.78, 5) is 21.5. The zero-order valence-corrected chi connectivity index (χ0v) is 10.4. The molecule has 2 heterocycles. The molecule has 3 N–H and O–H groups in total. The topological polar surface area (TPSA) is 138 Å². The van der Waals surface area contributed by atoms with Crippen LogP contribution in [0.3, 0.4) is 0 Å². The first kappa shape index (κ1) is 12.3. The highest BCUT2D eigenvalue weighted by molar-refractivity contribution is 9.10. The van der Waals surface area contributed by atoms with Gasteiger partial charge in [0.1, 0.15) is 6.54 Å². The third-order valence-electron chi connectivity index (χ3n) is 1.94. The fraction of sp³-hybridized carbons (Fsp3) is 0.143. The van der Waals surface area contributed by atoms with E-state index < -0.39 is 10.9 Å². The number of hydrogen-bond acceptors (Lipinski definition) is 8. The van der Waals surface area contributed by atoms with Gasteiger partial charge in [-0.2, -0.15) is 4.68 Å². The van der Waals surface area contributed by atoms with Crippen molar-refractivity contribution in [3.05, 3.63) is 32.9 Å². The molecule has 0 aliphatic carbocycles. The summed E-state index contributed by atoms with van der Waals surface area (Å²) in [6, 6.07) is 0. The Labute approximate surface area is 109 Å². The number of hydrazine groups is 1. The zero-order valence-electron chi connectivity index (χ0n) is 8.82. The normalized spacial score (nSPS) is 10.3. The van der Waals surface area contributed by atoms with Crippen LogP contribution in [0.25, 0.3) is 0 Å². The fourth-order valence-electron chi connectivity index (χ4n) is 1.15. The van der Waals surface area contributed by atoms with Crippen LogP contribution in [0, 0.1) is 10.1 Å². The molecule has 0 radical (unpaired) electrons. The summed E-state index contributed by atoms with van der Waals surface area (Å²) >= 11 is 3.08. The Bertz CT molecular complexity index is 567. The minimum Gasteiger partial charge on any atom is -0.390 e. The van der Waals surface area contributed by atoms with Crippen LogP contribution in [0.1, 0.15) is 5.69 Å². The molecule has 0 spiro atoms. The predicted molar refractivity (Wildman–Crippen MR) is 63.3 cm³/mol. The molecule has 0 saturated heterocycles. The maximum atomic E-state index is 10.5. The van der Waals surface area contributed by atoms with Crippen LogP contribution in [0.2, 0.25) is 0 Å². The highest BCUT2D eigenvalue weighted by atomic mass is 79.9. The lowest BCUT2D eigenvalue weighted by atomic mass is 10.4. The van der Waals surface area contributed by atoms with Crippen LogP contribution in [0.5, 0.6) is 0 Å².